The molecular formula is C21H27N3O2. The maximum Gasteiger partial charge on any atom is 0.252 e. The molecule has 1 saturated heterocycles. The SMILES string of the molecule is CCOC(C(=O)N1CCCCC1c1nc(-c2ccccc2)c[nH]1)C1CC1. The highest BCUT2D eigenvalue weighted by Gasteiger charge is 2.42. The number of H-pyrrole nitrogens is 1. The number of piperidine rings is 1. The highest BCUT2D eigenvalue weighted by Crippen LogP contribution is 2.38. The van der Waals surface area contributed by atoms with Gasteiger partial charge in [-0.1, -0.05) is 30.3 Å². The second-order valence-corrected chi connectivity index (χ2v) is 7.29. The Bertz CT molecular complexity index is 739. The smallest absolute Gasteiger partial charge is 0.252 e. The first-order chi connectivity index (χ1) is 12.8. The first kappa shape index (κ1) is 17.3. The summed E-state index contributed by atoms with van der Waals surface area (Å²) in [5.74, 6) is 1.45. The van der Waals surface area contributed by atoms with E-state index in [2.05, 4.69) is 17.1 Å². The van der Waals surface area contributed by atoms with Crippen molar-refractivity contribution in [1.82, 2.24) is 14.9 Å². The predicted octanol–water partition coefficient (Wildman–Crippen LogP) is 3.95. The average Bonchev–Trinajstić information content (AvgIpc) is 3.41. The molecule has 0 bridgehead atoms. The molecule has 2 unspecified atom stereocenters. The molecule has 1 aliphatic heterocycles. The number of carbonyl (C=O) groups excluding carboxylic acids is 1. The molecule has 2 heterocycles. The van der Waals surface area contributed by atoms with Gasteiger partial charge in [-0.3, -0.25) is 4.79 Å². The second-order valence-electron chi connectivity index (χ2n) is 7.29. The molecule has 4 rings (SSSR count). The largest absolute Gasteiger partial charge is 0.368 e. The highest BCUT2D eigenvalue weighted by molar-refractivity contribution is 5.82. The molecule has 2 aliphatic rings. The zero-order valence-corrected chi connectivity index (χ0v) is 15.4. The van der Waals surface area contributed by atoms with E-state index in [-0.39, 0.29) is 18.1 Å². The number of carbonyl (C=O) groups is 1. The van der Waals surface area contributed by atoms with E-state index in [1.165, 1.54) is 0 Å². The number of nitrogens with zero attached hydrogens (tertiary/aromatic N) is 2. The van der Waals surface area contributed by atoms with Crippen LogP contribution >= 0.6 is 0 Å². The summed E-state index contributed by atoms with van der Waals surface area (Å²) in [6, 6.07) is 10.2. The summed E-state index contributed by atoms with van der Waals surface area (Å²) in [4.78, 5) is 23.3. The van der Waals surface area contributed by atoms with Crippen LogP contribution in [0.3, 0.4) is 0 Å². The number of amides is 1. The molecule has 1 aromatic carbocycles. The Morgan fingerprint density at radius 2 is 2.08 bits per heavy atom. The van der Waals surface area contributed by atoms with Crippen molar-refractivity contribution in [3.8, 4) is 11.3 Å². The van der Waals surface area contributed by atoms with Gasteiger partial charge < -0.3 is 14.6 Å². The van der Waals surface area contributed by atoms with Crippen LogP contribution in [-0.2, 0) is 9.53 Å². The van der Waals surface area contributed by atoms with Gasteiger partial charge in [0.1, 0.15) is 11.9 Å². The number of benzene rings is 1. The quantitative estimate of drug-likeness (QED) is 0.855. The molecule has 2 fully saturated rings. The van der Waals surface area contributed by atoms with Gasteiger partial charge in [0.15, 0.2) is 0 Å². The molecule has 1 aliphatic carbocycles. The van der Waals surface area contributed by atoms with Crippen molar-refractivity contribution in [3.05, 3.63) is 42.4 Å². The summed E-state index contributed by atoms with van der Waals surface area (Å²) >= 11 is 0. The molecule has 1 N–H and O–H groups in total. The van der Waals surface area contributed by atoms with Crippen molar-refractivity contribution in [2.45, 2.75) is 51.2 Å². The minimum Gasteiger partial charge on any atom is -0.368 e. The number of aromatic amines is 1. The lowest BCUT2D eigenvalue weighted by Crippen LogP contribution is -2.46. The minimum atomic E-state index is -0.274. The van der Waals surface area contributed by atoms with Crippen LogP contribution in [0, 0.1) is 5.92 Å². The van der Waals surface area contributed by atoms with Crippen LogP contribution in [0.15, 0.2) is 36.5 Å². The maximum absolute atomic E-state index is 13.2. The summed E-state index contributed by atoms with van der Waals surface area (Å²) < 4.78 is 5.82. The van der Waals surface area contributed by atoms with E-state index in [0.29, 0.717) is 12.5 Å². The van der Waals surface area contributed by atoms with E-state index >= 15 is 0 Å². The number of likely N-dealkylation sites (tertiary alicyclic amines) is 1. The normalized spacial score (nSPS) is 21.6. The number of imidazole rings is 1. The van der Waals surface area contributed by atoms with Crippen LogP contribution < -0.4 is 0 Å². The number of hydrogen-bond acceptors (Lipinski definition) is 3. The number of ether oxygens (including phenoxy) is 1. The van der Waals surface area contributed by atoms with Gasteiger partial charge in [-0.25, -0.2) is 4.98 Å². The van der Waals surface area contributed by atoms with Crippen LogP contribution in [0.25, 0.3) is 11.3 Å². The fourth-order valence-corrected chi connectivity index (χ4v) is 3.89. The minimum absolute atomic E-state index is 0.0235. The zero-order chi connectivity index (χ0) is 17.9. The maximum atomic E-state index is 13.2. The van der Waals surface area contributed by atoms with Crippen LogP contribution in [0.2, 0.25) is 0 Å². The molecule has 1 aromatic heterocycles. The van der Waals surface area contributed by atoms with Crippen LogP contribution in [0.1, 0.15) is 50.9 Å². The van der Waals surface area contributed by atoms with Crippen LogP contribution in [0.5, 0.6) is 0 Å². The number of nitrogens with one attached hydrogen (secondary N) is 1. The van der Waals surface area contributed by atoms with E-state index in [0.717, 1.165) is 55.7 Å². The molecule has 2 atom stereocenters. The topological polar surface area (TPSA) is 58.2 Å². The van der Waals surface area contributed by atoms with Crippen molar-refractivity contribution in [3.63, 3.8) is 0 Å². The van der Waals surface area contributed by atoms with Gasteiger partial charge in [-0.15, -0.1) is 0 Å². The van der Waals surface area contributed by atoms with Crippen molar-refractivity contribution in [2.75, 3.05) is 13.2 Å². The van der Waals surface area contributed by atoms with Gasteiger partial charge in [-0.05, 0) is 44.9 Å². The summed E-state index contributed by atoms with van der Waals surface area (Å²) in [6.45, 7) is 3.35. The zero-order valence-electron chi connectivity index (χ0n) is 15.4. The Labute approximate surface area is 154 Å². The lowest BCUT2D eigenvalue weighted by molar-refractivity contribution is -0.149. The lowest BCUT2D eigenvalue weighted by Gasteiger charge is -2.36. The lowest BCUT2D eigenvalue weighted by atomic mass is 10.00. The monoisotopic (exact) mass is 353 g/mol. The predicted molar refractivity (Wildman–Crippen MR) is 100 cm³/mol. The van der Waals surface area contributed by atoms with Gasteiger partial charge in [0.25, 0.3) is 5.91 Å². The highest BCUT2D eigenvalue weighted by atomic mass is 16.5. The third kappa shape index (κ3) is 3.54. The summed E-state index contributed by atoms with van der Waals surface area (Å²) in [6.07, 6.45) is 7.02. The van der Waals surface area contributed by atoms with E-state index in [4.69, 9.17) is 9.72 Å². The van der Waals surface area contributed by atoms with Gasteiger partial charge in [0.05, 0.1) is 11.7 Å². The number of aromatic nitrogens is 2. The Morgan fingerprint density at radius 3 is 2.81 bits per heavy atom. The third-order valence-corrected chi connectivity index (χ3v) is 5.41. The van der Waals surface area contributed by atoms with Gasteiger partial charge in [-0.2, -0.15) is 0 Å². The van der Waals surface area contributed by atoms with E-state index in [1.807, 2.05) is 36.2 Å². The molecule has 1 saturated carbocycles. The molecule has 26 heavy (non-hydrogen) atoms. The molecule has 1 amide bonds. The number of hydrogen-bond donors (Lipinski definition) is 1. The van der Waals surface area contributed by atoms with Gasteiger partial charge in [0.2, 0.25) is 0 Å². The molecule has 138 valence electrons. The van der Waals surface area contributed by atoms with E-state index in [9.17, 15) is 4.79 Å². The Balaban J connectivity index is 1.56. The molecule has 0 radical (unpaired) electrons. The standard InChI is InChI=1S/C21H27N3O2/c1-2-26-19(16-11-12-16)21(25)24-13-7-6-10-18(24)20-22-14-17(23-20)15-8-4-3-5-9-15/h3-5,8-9,14,16,18-19H,2,6-7,10-13H2,1H3,(H,22,23). The fourth-order valence-electron chi connectivity index (χ4n) is 3.89. The Hall–Kier alpha value is -2.14. The van der Waals surface area contributed by atoms with Gasteiger partial charge >= 0.3 is 0 Å². The molecule has 5 nitrogen and oxygen atoms in total. The van der Waals surface area contributed by atoms with Gasteiger partial charge in [0, 0.05) is 24.9 Å². The first-order valence-electron chi connectivity index (χ1n) is 9.80. The van der Waals surface area contributed by atoms with E-state index < -0.39 is 0 Å². The van der Waals surface area contributed by atoms with Crippen LogP contribution in [-0.4, -0.2) is 40.0 Å². The van der Waals surface area contributed by atoms with E-state index in [1.54, 1.807) is 0 Å². The Kier molecular flexibility index (Phi) is 5.07. The Morgan fingerprint density at radius 1 is 1.27 bits per heavy atom. The fraction of sp³-hybridized carbons (Fsp3) is 0.524. The third-order valence-electron chi connectivity index (χ3n) is 5.41. The molecular weight excluding hydrogens is 326 g/mol. The summed E-state index contributed by atoms with van der Waals surface area (Å²) in [5.41, 5.74) is 2.02. The van der Waals surface area contributed by atoms with Crippen molar-refractivity contribution in [2.24, 2.45) is 5.92 Å². The van der Waals surface area contributed by atoms with Crippen molar-refractivity contribution >= 4 is 5.91 Å². The molecule has 2 aromatic rings. The second kappa shape index (κ2) is 7.62. The molecule has 5 heteroatoms. The summed E-state index contributed by atoms with van der Waals surface area (Å²) in [7, 11) is 0. The molecule has 0 spiro atoms. The van der Waals surface area contributed by atoms with Crippen molar-refractivity contribution < 1.29 is 9.53 Å². The van der Waals surface area contributed by atoms with Crippen LogP contribution in [0.4, 0.5) is 0 Å². The number of rotatable bonds is 6. The summed E-state index contributed by atoms with van der Waals surface area (Å²) in [5, 5.41) is 0. The van der Waals surface area contributed by atoms with Crippen molar-refractivity contribution in [1.29, 1.82) is 0 Å². The average molecular weight is 353 g/mol. The first-order valence-corrected chi connectivity index (χ1v) is 9.80.